The summed E-state index contributed by atoms with van der Waals surface area (Å²) >= 11 is 3.43. The number of carbonyl (C=O) groups is 1. The number of anilines is 1. The van der Waals surface area contributed by atoms with E-state index in [4.69, 9.17) is 0 Å². The molecular weight excluding hydrogens is 290 g/mol. The van der Waals surface area contributed by atoms with Crippen molar-refractivity contribution in [2.75, 3.05) is 5.32 Å². The number of benzene rings is 1. The second-order valence-electron chi connectivity index (χ2n) is 6.10. The van der Waals surface area contributed by atoms with E-state index in [2.05, 4.69) is 48.9 Å². The molecular formula is C15H22BrNO. The Morgan fingerprint density at radius 1 is 1.33 bits per heavy atom. The SMILES string of the molecule is CC(CC(=O)Nc1ccccc1Br)CC(C)(C)C. The van der Waals surface area contributed by atoms with E-state index in [-0.39, 0.29) is 11.3 Å². The van der Waals surface area contributed by atoms with Gasteiger partial charge in [0.25, 0.3) is 0 Å². The van der Waals surface area contributed by atoms with E-state index >= 15 is 0 Å². The standard InChI is InChI=1S/C15H22BrNO/c1-11(10-15(2,3)4)9-14(18)17-13-8-6-5-7-12(13)16/h5-8,11H,9-10H2,1-4H3,(H,17,18). The van der Waals surface area contributed by atoms with Gasteiger partial charge in [-0.3, -0.25) is 4.79 Å². The first-order chi connectivity index (χ1) is 8.28. The topological polar surface area (TPSA) is 29.1 Å². The molecule has 0 aliphatic rings. The molecule has 0 aliphatic carbocycles. The van der Waals surface area contributed by atoms with Crippen molar-refractivity contribution in [1.82, 2.24) is 0 Å². The van der Waals surface area contributed by atoms with Gasteiger partial charge in [-0.15, -0.1) is 0 Å². The summed E-state index contributed by atoms with van der Waals surface area (Å²) < 4.78 is 0.918. The van der Waals surface area contributed by atoms with Crippen molar-refractivity contribution in [2.24, 2.45) is 11.3 Å². The quantitative estimate of drug-likeness (QED) is 0.846. The molecule has 1 atom stereocenters. The maximum atomic E-state index is 11.9. The summed E-state index contributed by atoms with van der Waals surface area (Å²) in [4.78, 5) is 11.9. The first-order valence-corrected chi connectivity index (χ1v) is 7.11. The number of para-hydroxylation sites is 1. The summed E-state index contributed by atoms with van der Waals surface area (Å²) in [6.07, 6.45) is 1.62. The fourth-order valence-corrected chi connectivity index (χ4v) is 2.58. The molecule has 0 aromatic heterocycles. The van der Waals surface area contributed by atoms with Gasteiger partial charge in [0.15, 0.2) is 0 Å². The average molecular weight is 312 g/mol. The van der Waals surface area contributed by atoms with Crippen LogP contribution >= 0.6 is 15.9 Å². The monoisotopic (exact) mass is 311 g/mol. The molecule has 3 heteroatoms. The Labute approximate surface area is 118 Å². The first kappa shape index (κ1) is 15.2. The molecule has 1 N–H and O–H groups in total. The molecule has 1 unspecified atom stereocenters. The van der Waals surface area contributed by atoms with Crippen LogP contribution in [0.1, 0.15) is 40.5 Å². The number of hydrogen-bond acceptors (Lipinski definition) is 1. The molecule has 1 aromatic rings. The lowest BCUT2D eigenvalue weighted by Crippen LogP contribution is -2.19. The van der Waals surface area contributed by atoms with E-state index < -0.39 is 0 Å². The predicted octanol–water partition coefficient (Wildman–Crippen LogP) is 4.85. The molecule has 18 heavy (non-hydrogen) atoms. The normalized spacial score (nSPS) is 13.2. The molecule has 0 saturated carbocycles. The first-order valence-electron chi connectivity index (χ1n) is 6.32. The Morgan fingerprint density at radius 3 is 2.50 bits per heavy atom. The minimum absolute atomic E-state index is 0.0821. The molecule has 1 amide bonds. The number of hydrogen-bond donors (Lipinski definition) is 1. The van der Waals surface area contributed by atoms with Gasteiger partial charge in [0.2, 0.25) is 5.91 Å². The van der Waals surface area contributed by atoms with Crippen LogP contribution in [-0.2, 0) is 4.79 Å². The van der Waals surface area contributed by atoms with E-state index in [0.29, 0.717) is 12.3 Å². The summed E-state index contributed by atoms with van der Waals surface area (Å²) in [5.74, 6) is 0.478. The van der Waals surface area contributed by atoms with Crippen molar-refractivity contribution in [1.29, 1.82) is 0 Å². The van der Waals surface area contributed by atoms with E-state index in [0.717, 1.165) is 16.6 Å². The summed E-state index contributed by atoms with van der Waals surface area (Å²) in [5, 5.41) is 2.94. The van der Waals surface area contributed by atoms with Gasteiger partial charge in [0, 0.05) is 10.9 Å². The van der Waals surface area contributed by atoms with Gasteiger partial charge in [-0.1, -0.05) is 39.8 Å². The molecule has 0 heterocycles. The van der Waals surface area contributed by atoms with Crippen LogP contribution in [0.25, 0.3) is 0 Å². The van der Waals surface area contributed by atoms with E-state index in [9.17, 15) is 4.79 Å². The van der Waals surface area contributed by atoms with E-state index in [1.165, 1.54) is 0 Å². The van der Waals surface area contributed by atoms with Crippen molar-refractivity contribution in [3.05, 3.63) is 28.7 Å². The maximum Gasteiger partial charge on any atom is 0.224 e. The Hall–Kier alpha value is -0.830. The molecule has 100 valence electrons. The van der Waals surface area contributed by atoms with Crippen LogP contribution in [0.5, 0.6) is 0 Å². The highest BCUT2D eigenvalue weighted by atomic mass is 79.9. The highest BCUT2D eigenvalue weighted by Crippen LogP contribution is 2.27. The summed E-state index contributed by atoms with van der Waals surface area (Å²) in [6.45, 7) is 8.74. The zero-order chi connectivity index (χ0) is 13.8. The van der Waals surface area contributed by atoms with Crippen LogP contribution in [0.3, 0.4) is 0 Å². The van der Waals surface area contributed by atoms with E-state index in [1.807, 2.05) is 24.3 Å². The third kappa shape index (κ3) is 5.67. The zero-order valence-corrected chi connectivity index (χ0v) is 13.2. The Morgan fingerprint density at radius 2 is 1.94 bits per heavy atom. The van der Waals surface area contributed by atoms with Crippen molar-refractivity contribution in [3.63, 3.8) is 0 Å². The molecule has 0 radical (unpaired) electrons. The summed E-state index contributed by atoms with van der Waals surface area (Å²) in [7, 11) is 0. The molecule has 1 aromatic carbocycles. The fraction of sp³-hybridized carbons (Fsp3) is 0.533. The van der Waals surface area contributed by atoms with Gasteiger partial charge in [-0.2, -0.15) is 0 Å². The van der Waals surface area contributed by atoms with Crippen LogP contribution in [0.15, 0.2) is 28.7 Å². The molecule has 0 spiro atoms. The van der Waals surface area contributed by atoms with Crippen molar-refractivity contribution in [2.45, 2.75) is 40.5 Å². The van der Waals surface area contributed by atoms with Gasteiger partial charge in [0.1, 0.15) is 0 Å². The summed E-state index contributed by atoms with van der Waals surface area (Å²) in [6, 6.07) is 7.67. The van der Waals surface area contributed by atoms with Crippen LogP contribution in [0.2, 0.25) is 0 Å². The van der Waals surface area contributed by atoms with Gasteiger partial charge >= 0.3 is 0 Å². The highest BCUT2D eigenvalue weighted by molar-refractivity contribution is 9.10. The molecule has 2 nitrogen and oxygen atoms in total. The second kappa shape index (κ2) is 6.37. The number of halogens is 1. The lowest BCUT2D eigenvalue weighted by molar-refractivity contribution is -0.117. The third-order valence-electron chi connectivity index (χ3n) is 2.64. The van der Waals surface area contributed by atoms with Gasteiger partial charge in [0.05, 0.1) is 5.69 Å². The number of carbonyl (C=O) groups excluding carboxylic acids is 1. The average Bonchev–Trinajstić information content (AvgIpc) is 2.18. The van der Waals surface area contributed by atoms with Gasteiger partial charge in [-0.25, -0.2) is 0 Å². The maximum absolute atomic E-state index is 11.9. The van der Waals surface area contributed by atoms with Crippen molar-refractivity contribution < 1.29 is 4.79 Å². The molecule has 1 rings (SSSR count). The Kier molecular flexibility index (Phi) is 5.39. The Bertz CT molecular complexity index is 409. The predicted molar refractivity (Wildman–Crippen MR) is 80.6 cm³/mol. The number of amides is 1. The van der Waals surface area contributed by atoms with Gasteiger partial charge < -0.3 is 5.32 Å². The number of rotatable bonds is 4. The van der Waals surface area contributed by atoms with Crippen LogP contribution in [0, 0.1) is 11.3 Å². The third-order valence-corrected chi connectivity index (χ3v) is 3.33. The van der Waals surface area contributed by atoms with Crippen LogP contribution in [-0.4, -0.2) is 5.91 Å². The second-order valence-corrected chi connectivity index (χ2v) is 6.96. The zero-order valence-electron chi connectivity index (χ0n) is 11.6. The van der Waals surface area contributed by atoms with Crippen LogP contribution < -0.4 is 5.32 Å². The van der Waals surface area contributed by atoms with E-state index in [1.54, 1.807) is 0 Å². The lowest BCUT2D eigenvalue weighted by atomic mass is 9.84. The lowest BCUT2D eigenvalue weighted by Gasteiger charge is -2.22. The van der Waals surface area contributed by atoms with Crippen molar-refractivity contribution in [3.8, 4) is 0 Å². The van der Waals surface area contributed by atoms with Crippen molar-refractivity contribution >= 4 is 27.5 Å². The highest BCUT2D eigenvalue weighted by Gasteiger charge is 2.18. The van der Waals surface area contributed by atoms with Gasteiger partial charge in [-0.05, 0) is 45.8 Å². The smallest absolute Gasteiger partial charge is 0.224 e. The minimum atomic E-state index is 0.0821. The molecule has 0 aliphatic heterocycles. The summed E-state index contributed by atoms with van der Waals surface area (Å²) in [5.41, 5.74) is 1.11. The molecule has 0 bridgehead atoms. The molecule has 0 fully saturated rings. The molecule has 0 saturated heterocycles. The minimum Gasteiger partial charge on any atom is -0.325 e. The number of nitrogens with one attached hydrogen (secondary N) is 1. The fourth-order valence-electron chi connectivity index (χ4n) is 2.20. The Balaban J connectivity index is 2.50. The van der Waals surface area contributed by atoms with Crippen LogP contribution in [0.4, 0.5) is 5.69 Å². The largest absolute Gasteiger partial charge is 0.325 e.